The molecule has 4 heteroatoms. The van der Waals surface area contributed by atoms with E-state index in [1.807, 2.05) is 12.1 Å². The SMILES string of the molecule is COC(OC)c1ccc(CBr)o1. The zero-order valence-corrected chi connectivity index (χ0v) is 8.63. The third-order valence-electron chi connectivity index (χ3n) is 1.47. The fraction of sp³-hybridized carbons (Fsp3) is 0.500. The molecule has 0 radical (unpaired) electrons. The molecule has 1 aromatic rings. The van der Waals surface area contributed by atoms with Gasteiger partial charge in [0.05, 0.1) is 5.33 Å². The second-order valence-electron chi connectivity index (χ2n) is 2.24. The van der Waals surface area contributed by atoms with Crippen LogP contribution in [0.3, 0.4) is 0 Å². The smallest absolute Gasteiger partial charge is 0.216 e. The van der Waals surface area contributed by atoms with Gasteiger partial charge in [0.1, 0.15) is 5.76 Å². The lowest BCUT2D eigenvalue weighted by Gasteiger charge is -2.09. The van der Waals surface area contributed by atoms with Gasteiger partial charge in [-0.2, -0.15) is 0 Å². The first-order valence-electron chi connectivity index (χ1n) is 3.52. The van der Waals surface area contributed by atoms with E-state index >= 15 is 0 Å². The Morgan fingerprint density at radius 1 is 1.42 bits per heavy atom. The van der Waals surface area contributed by atoms with Crippen LogP contribution in [0.1, 0.15) is 17.8 Å². The minimum absolute atomic E-state index is 0.405. The van der Waals surface area contributed by atoms with Crippen molar-refractivity contribution in [3.63, 3.8) is 0 Å². The first-order valence-corrected chi connectivity index (χ1v) is 4.64. The molecule has 0 saturated heterocycles. The van der Waals surface area contributed by atoms with Crippen LogP contribution in [0.5, 0.6) is 0 Å². The molecule has 3 nitrogen and oxygen atoms in total. The Kier molecular flexibility index (Phi) is 3.78. The monoisotopic (exact) mass is 234 g/mol. The summed E-state index contributed by atoms with van der Waals surface area (Å²) in [5.41, 5.74) is 0. The molecule has 0 aliphatic carbocycles. The number of alkyl halides is 1. The van der Waals surface area contributed by atoms with Gasteiger partial charge in [-0.15, -0.1) is 0 Å². The Bertz CT molecular complexity index is 230. The summed E-state index contributed by atoms with van der Waals surface area (Å²) in [6.45, 7) is 0. The van der Waals surface area contributed by atoms with Gasteiger partial charge in [0.25, 0.3) is 0 Å². The Morgan fingerprint density at radius 2 is 2.08 bits per heavy atom. The predicted molar refractivity (Wildman–Crippen MR) is 48.1 cm³/mol. The molecule has 0 bridgehead atoms. The van der Waals surface area contributed by atoms with Gasteiger partial charge in [-0.1, -0.05) is 15.9 Å². The van der Waals surface area contributed by atoms with Gasteiger partial charge in [0.15, 0.2) is 5.76 Å². The molecule has 0 amide bonds. The van der Waals surface area contributed by atoms with E-state index in [9.17, 15) is 0 Å². The van der Waals surface area contributed by atoms with Gasteiger partial charge in [0, 0.05) is 14.2 Å². The molecule has 1 heterocycles. The molecule has 1 rings (SSSR count). The second-order valence-corrected chi connectivity index (χ2v) is 2.80. The van der Waals surface area contributed by atoms with Crippen molar-refractivity contribution in [1.29, 1.82) is 0 Å². The Balaban J connectivity index is 2.72. The summed E-state index contributed by atoms with van der Waals surface area (Å²) >= 11 is 3.29. The van der Waals surface area contributed by atoms with Crippen LogP contribution < -0.4 is 0 Å². The third-order valence-corrected chi connectivity index (χ3v) is 2.03. The molecule has 0 N–H and O–H groups in total. The molecule has 68 valence electrons. The average molecular weight is 235 g/mol. The van der Waals surface area contributed by atoms with Crippen LogP contribution in [0.4, 0.5) is 0 Å². The topological polar surface area (TPSA) is 31.6 Å². The summed E-state index contributed by atoms with van der Waals surface area (Å²) in [6, 6.07) is 3.73. The molecular formula is C8H11BrO3. The molecule has 0 aliphatic heterocycles. The highest BCUT2D eigenvalue weighted by atomic mass is 79.9. The highest BCUT2D eigenvalue weighted by Crippen LogP contribution is 2.20. The highest BCUT2D eigenvalue weighted by molar-refractivity contribution is 9.08. The van der Waals surface area contributed by atoms with Crippen molar-refractivity contribution in [1.82, 2.24) is 0 Å². The Hall–Kier alpha value is -0.320. The first kappa shape index (κ1) is 9.77. The van der Waals surface area contributed by atoms with Crippen molar-refractivity contribution in [2.75, 3.05) is 14.2 Å². The molecular weight excluding hydrogens is 224 g/mol. The van der Waals surface area contributed by atoms with Crippen molar-refractivity contribution in [3.8, 4) is 0 Å². The number of rotatable bonds is 4. The van der Waals surface area contributed by atoms with E-state index in [0.717, 1.165) is 5.76 Å². The average Bonchev–Trinajstić information content (AvgIpc) is 2.55. The van der Waals surface area contributed by atoms with Crippen LogP contribution >= 0.6 is 15.9 Å². The number of ether oxygens (including phenoxy) is 2. The standard InChI is InChI=1S/C8H11BrO3/c1-10-8(11-2)7-4-3-6(5-9)12-7/h3-4,8H,5H2,1-2H3. The second kappa shape index (κ2) is 4.64. The molecule has 0 unspecified atom stereocenters. The Morgan fingerprint density at radius 3 is 2.50 bits per heavy atom. The lowest BCUT2D eigenvalue weighted by molar-refractivity contribution is -0.118. The quantitative estimate of drug-likeness (QED) is 0.593. The molecule has 0 aliphatic rings. The van der Waals surface area contributed by atoms with Gasteiger partial charge < -0.3 is 13.9 Å². The van der Waals surface area contributed by atoms with Gasteiger partial charge in [0.2, 0.25) is 6.29 Å². The van der Waals surface area contributed by atoms with Crippen LogP contribution in [-0.2, 0) is 14.8 Å². The van der Waals surface area contributed by atoms with Gasteiger partial charge in [-0.3, -0.25) is 0 Å². The molecule has 12 heavy (non-hydrogen) atoms. The van der Waals surface area contributed by atoms with E-state index in [2.05, 4.69) is 15.9 Å². The molecule has 0 fully saturated rings. The van der Waals surface area contributed by atoms with E-state index in [1.165, 1.54) is 0 Å². The zero-order valence-electron chi connectivity index (χ0n) is 7.04. The maximum absolute atomic E-state index is 5.38. The number of hydrogen-bond acceptors (Lipinski definition) is 3. The Labute approximate surface area is 79.8 Å². The minimum Gasteiger partial charge on any atom is -0.460 e. The molecule has 0 aromatic carbocycles. The first-order chi connectivity index (χ1) is 5.81. The zero-order chi connectivity index (χ0) is 8.97. The van der Waals surface area contributed by atoms with Crippen LogP contribution in [0, 0.1) is 0 Å². The summed E-state index contributed by atoms with van der Waals surface area (Å²) < 4.78 is 15.4. The van der Waals surface area contributed by atoms with E-state index < -0.39 is 6.29 Å². The van der Waals surface area contributed by atoms with Gasteiger partial charge in [-0.05, 0) is 12.1 Å². The number of furan rings is 1. The summed E-state index contributed by atoms with van der Waals surface area (Å²) in [6.07, 6.45) is -0.405. The van der Waals surface area contributed by atoms with Gasteiger partial charge >= 0.3 is 0 Å². The number of methoxy groups -OCH3 is 2. The normalized spacial score (nSPS) is 11.0. The van der Waals surface area contributed by atoms with Crippen LogP contribution in [0.15, 0.2) is 16.5 Å². The van der Waals surface area contributed by atoms with Crippen molar-refractivity contribution in [3.05, 3.63) is 23.7 Å². The van der Waals surface area contributed by atoms with Crippen molar-refractivity contribution >= 4 is 15.9 Å². The van der Waals surface area contributed by atoms with Crippen molar-refractivity contribution < 1.29 is 13.9 Å². The molecule has 0 saturated carbocycles. The fourth-order valence-corrected chi connectivity index (χ4v) is 1.22. The molecule has 0 spiro atoms. The summed E-state index contributed by atoms with van der Waals surface area (Å²) in [5, 5.41) is 0.702. The summed E-state index contributed by atoms with van der Waals surface area (Å²) in [4.78, 5) is 0. The summed E-state index contributed by atoms with van der Waals surface area (Å²) in [7, 11) is 3.15. The lowest BCUT2D eigenvalue weighted by Crippen LogP contribution is -2.01. The van der Waals surface area contributed by atoms with E-state index in [0.29, 0.717) is 11.1 Å². The van der Waals surface area contributed by atoms with Crippen LogP contribution in [0.25, 0.3) is 0 Å². The van der Waals surface area contributed by atoms with E-state index in [1.54, 1.807) is 14.2 Å². The van der Waals surface area contributed by atoms with Crippen LogP contribution in [0.2, 0.25) is 0 Å². The number of hydrogen-bond donors (Lipinski definition) is 0. The highest BCUT2D eigenvalue weighted by Gasteiger charge is 2.12. The van der Waals surface area contributed by atoms with Gasteiger partial charge in [-0.25, -0.2) is 0 Å². The maximum atomic E-state index is 5.38. The fourth-order valence-electron chi connectivity index (χ4n) is 0.922. The third kappa shape index (κ3) is 2.09. The lowest BCUT2D eigenvalue weighted by atomic mass is 10.4. The molecule has 1 aromatic heterocycles. The van der Waals surface area contributed by atoms with E-state index in [-0.39, 0.29) is 0 Å². The molecule has 0 atom stereocenters. The van der Waals surface area contributed by atoms with Crippen molar-refractivity contribution in [2.45, 2.75) is 11.6 Å². The predicted octanol–water partition coefficient (Wildman–Crippen LogP) is 2.47. The van der Waals surface area contributed by atoms with Crippen molar-refractivity contribution in [2.24, 2.45) is 0 Å². The minimum atomic E-state index is -0.405. The number of halogens is 1. The largest absolute Gasteiger partial charge is 0.460 e. The summed E-state index contributed by atoms with van der Waals surface area (Å²) in [5.74, 6) is 1.55. The van der Waals surface area contributed by atoms with Crippen LogP contribution in [-0.4, -0.2) is 14.2 Å². The van der Waals surface area contributed by atoms with E-state index in [4.69, 9.17) is 13.9 Å². The maximum Gasteiger partial charge on any atom is 0.216 e.